The van der Waals surface area contributed by atoms with Crippen LogP contribution in [0.3, 0.4) is 0 Å². The van der Waals surface area contributed by atoms with Crippen LogP contribution in [-0.4, -0.2) is 55.1 Å². The second-order valence-corrected chi connectivity index (χ2v) is 5.60. The first-order valence-corrected chi connectivity index (χ1v) is 7.14. The molecule has 0 radical (unpaired) electrons. The molecule has 106 valence electrons. The third-order valence-electron chi connectivity index (χ3n) is 3.44. The van der Waals surface area contributed by atoms with Crippen LogP contribution in [0.4, 0.5) is 11.8 Å². The molecule has 0 aliphatic carbocycles. The maximum absolute atomic E-state index is 6.20. The predicted octanol–water partition coefficient (Wildman–Crippen LogP) is 1.95. The lowest BCUT2D eigenvalue weighted by Gasteiger charge is -2.23. The van der Waals surface area contributed by atoms with E-state index in [9.17, 15) is 0 Å². The molecule has 1 saturated heterocycles. The lowest BCUT2D eigenvalue weighted by atomic mass is 10.1. The van der Waals surface area contributed by atoms with Gasteiger partial charge >= 0.3 is 0 Å². The average Bonchev–Trinajstić information content (AvgIpc) is 2.77. The van der Waals surface area contributed by atoms with Crippen molar-refractivity contribution in [3.63, 3.8) is 0 Å². The zero-order valence-electron chi connectivity index (χ0n) is 11.9. The van der Waals surface area contributed by atoms with E-state index in [2.05, 4.69) is 32.1 Å². The Balaban J connectivity index is 2.04. The fraction of sp³-hybridized carbons (Fsp3) is 0.692. The van der Waals surface area contributed by atoms with Gasteiger partial charge in [-0.1, -0.05) is 11.6 Å². The molecule has 2 rings (SSSR count). The molecule has 1 aliphatic heterocycles. The Bertz CT molecular complexity index is 425. The van der Waals surface area contributed by atoms with E-state index in [0.29, 0.717) is 16.9 Å². The van der Waals surface area contributed by atoms with Crippen LogP contribution in [0.2, 0.25) is 5.02 Å². The first kappa shape index (κ1) is 14.3. The molecule has 0 saturated carbocycles. The molecule has 1 aliphatic rings. The summed E-state index contributed by atoms with van der Waals surface area (Å²) in [5, 5.41) is 3.72. The zero-order chi connectivity index (χ0) is 13.8. The molecule has 0 aromatic carbocycles. The number of nitrogens with zero attached hydrogens (tertiary/aromatic N) is 4. The van der Waals surface area contributed by atoms with Crippen LogP contribution >= 0.6 is 11.6 Å². The molecule has 0 spiro atoms. The fourth-order valence-corrected chi connectivity index (χ4v) is 2.75. The summed E-state index contributed by atoms with van der Waals surface area (Å²) in [5.41, 5.74) is 0. The van der Waals surface area contributed by atoms with Gasteiger partial charge in [0.1, 0.15) is 5.02 Å². The molecule has 1 atom stereocenters. The molecule has 0 amide bonds. The van der Waals surface area contributed by atoms with Crippen molar-refractivity contribution in [3.05, 3.63) is 11.2 Å². The largest absolute Gasteiger partial charge is 0.358 e. The monoisotopic (exact) mass is 283 g/mol. The van der Waals surface area contributed by atoms with Gasteiger partial charge in [0, 0.05) is 26.7 Å². The van der Waals surface area contributed by atoms with Gasteiger partial charge in [0.15, 0.2) is 5.82 Å². The van der Waals surface area contributed by atoms with Crippen molar-refractivity contribution in [2.45, 2.75) is 13.3 Å². The number of nitrogens with one attached hydrogen (secondary N) is 1. The van der Waals surface area contributed by atoms with E-state index in [1.54, 1.807) is 6.20 Å². The number of anilines is 2. The number of aromatic nitrogens is 2. The van der Waals surface area contributed by atoms with E-state index in [1.165, 1.54) is 13.0 Å². The number of hydrogen-bond acceptors (Lipinski definition) is 5. The summed E-state index contributed by atoms with van der Waals surface area (Å²) < 4.78 is 0. The minimum absolute atomic E-state index is 0.607. The molecule has 1 N–H and O–H groups in total. The summed E-state index contributed by atoms with van der Waals surface area (Å²) in [7, 11) is 4.21. The van der Waals surface area contributed by atoms with Crippen LogP contribution in [0, 0.1) is 5.92 Å². The minimum Gasteiger partial charge on any atom is -0.358 e. The van der Waals surface area contributed by atoms with Crippen LogP contribution in [0.15, 0.2) is 6.20 Å². The summed E-state index contributed by atoms with van der Waals surface area (Å²) in [6.45, 7) is 6.13. The molecule has 19 heavy (non-hydrogen) atoms. The van der Waals surface area contributed by atoms with E-state index < -0.39 is 0 Å². The highest BCUT2D eigenvalue weighted by molar-refractivity contribution is 6.32. The average molecular weight is 284 g/mol. The topological polar surface area (TPSA) is 44.3 Å². The first-order valence-electron chi connectivity index (χ1n) is 6.76. The maximum Gasteiger partial charge on any atom is 0.224 e. The predicted molar refractivity (Wildman–Crippen MR) is 80.1 cm³/mol. The van der Waals surface area contributed by atoms with Crippen LogP contribution < -0.4 is 10.2 Å². The maximum atomic E-state index is 6.20. The van der Waals surface area contributed by atoms with Crippen molar-refractivity contribution < 1.29 is 0 Å². The van der Waals surface area contributed by atoms with Gasteiger partial charge in [0.2, 0.25) is 5.95 Å². The molecule has 0 bridgehead atoms. The van der Waals surface area contributed by atoms with Gasteiger partial charge in [-0.25, -0.2) is 4.98 Å². The van der Waals surface area contributed by atoms with Gasteiger partial charge in [-0.05, 0) is 32.9 Å². The lowest BCUT2D eigenvalue weighted by Crippen LogP contribution is -2.28. The Hall–Kier alpha value is -1.07. The molecule has 1 aromatic rings. The Morgan fingerprint density at radius 3 is 3.00 bits per heavy atom. The van der Waals surface area contributed by atoms with Gasteiger partial charge in [-0.2, -0.15) is 4.98 Å². The Labute approximate surface area is 120 Å². The van der Waals surface area contributed by atoms with Crippen LogP contribution in [0.1, 0.15) is 13.3 Å². The quantitative estimate of drug-likeness (QED) is 0.895. The van der Waals surface area contributed by atoms with Gasteiger partial charge in [0.05, 0.1) is 6.20 Å². The van der Waals surface area contributed by atoms with E-state index in [1.807, 2.05) is 14.0 Å². The fourth-order valence-electron chi connectivity index (χ4n) is 2.52. The molecule has 6 heteroatoms. The second kappa shape index (κ2) is 6.39. The van der Waals surface area contributed by atoms with Crippen molar-refractivity contribution in [2.75, 3.05) is 50.5 Å². The van der Waals surface area contributed by atoms with Crippen molar-refractivity contribution >= 4 is 23.4 Å². The van der Waals surface area contributed by atoms with Crippen molar-refractivity contribution in [3.8, 4) is 0 Å². The van der Waals surface area contributed by atoms with Gasteiger partial charge < -0.3 is 15.1 Å². The molecule has 5 nitrogen and oxygen atoms in total. The lowest BCUT2D eigenvalue weighted by molar-refractivity contribution is 0.395. The standard InChI is InChI=1S/C13H22ClN5/c1-4-15-13-16-7-11(14)12(17-13)19(3)9-10-5-6-18(2)8-10/h7,10H,4-6,8-9H2,1-3H3,(H,15,16,17). The minimum atomic E-state index is 0.607. The van der Waals surface area contributed by atoms with Gasteiger partial charge in [-0.3, -0.25) is 0 Å². The molecular weight excluding hydrogens is 262 g/mol. The summed E-state index contributed by atoms with van der Waals surface area (Å²) in [6, 6.07) is 0. The number of rotatable bonds is 5. The van der Waals surface area contributed by atoms with Crippen LogP contribution in [0.25, 0.3) is 0 Å². The third-order valence-corrected chi connectivity index (χ3v) is 3.71. The van der Waals surface area contributed by atoms with E-state index >= 15 is 0 Å². The Morgan fingerprint density at radius 1 is 1.58 bits per heavy atom. The Kier molecular flexibility index (Phi) is 4.82. The molecule has 1 unspecified atom stereocenters. The van der Waals surface area contributed by atoms with Crippen molar-refractivity contribution in [1.82, 2.24) is 14.9 Å². The number of halogens is 1. The van der Waals surface area contributed by atoms with Crippen LogP contribution in [-0.2, 0) is 0 Å². The zero-order valence-corrected chi connectivity index (χ0v) is 12.6. The van der Waals surface area contributed by atoms with Gasteiger partial charge in [0.25, 0.3) is 0 Å². The number of likely N-dealkylation sites (tertiary alicyclic amines) is 1. The number of hydrogen-bond donors (Lipinski definition) is 1. The van der Waals surface area contributed by atoms with E-state index in [4.69, 9.17) is 11.6 Å². The van der Waals surface area contributed by atoms with Crippen LogP contribution in [0.5, 0.6) is 0 Å². The highest BCUT2D eigenvalue weighted by Crippen LogP contribution is 2.25. The molecule has 2 heterocycles. The summed E-state index contributed by atoms with van der Waals surface area (Å²) in [6.07, 6.45) is 2.91. The van der Waals surface area contributed by atoms with E-state index in [0.717, 1.165) is 25.5 Å². The SMILES string of the molecule is CCNc1ncc(Cl)c(N(C)CC2CCN(C)C2)n1. The first-order chi connectivity index (χ1) is 9.10. The molecule has 1 aromatic heterocycles. The normalized spacial score (nSPS) is 19.7. The highest BCUT2D eigenvalue weighted by Gasteiger charge is 2.22. The summed E-state index contributed by atoms with van der Waals surface area (Å²) in [4.78, 5) is 13.1. The van der Waals surface area contributed by atoms with Gasteiger partial charge in [-0.15, -0.1) is 0 Å². The van der Waals surface area contributed by atoms with E-state index in [-0.39, 0.29) is 0 Å². The molecular formula is C13H22ClN5. The smallest absolute Gasteiger partial charge is 0.224 e. The van der Waals surface area contributed by atoms with Crippen molar-refractivity contribution in [1.29, 1.82) is 0 Å². The highest BCUT2D eigenvalue weighted by atomic mass is 35.5. The third kappa shape index (κ3) is 3.70. The summed E-state index contributed by atoms with van der Waals surface area (Å²) in [5.74, 6) is 2.13. The second-order valence-electron chi connectivity index (χ2n) is 5.19. The Morgan fingerprint density at radius 2 is 2.37 bits per heavy atom. The summed E-state index contributed by atoms with van der Waals surface area (Å²) >= 11 is 6.20. The molecule has 1 fully saturated rings. The van der Waals surface area contributed by atoms with Crippen molar-refractivity contribution in [2.24, 2.45) is 5.92 Å².